The molecule has 1 spiro atoms. The molecular formula is C11H17F2NO. The van der Waals surface area contributed by atoms with Gasteiger partial charge < -0.3 is 10.1 Å². The van der Waals surface area contributed by atoms with Gasteiger partial charge in [0.1, 0.15) is 0 Å². The van der Waals surface area contributed by atoms with Crippen LogP contribution in [0.1, 0.15) is 25.7 Å². The van der Waals surface area contributed by atoms with Crippen molar-refractivity contribution in [1.29, 1.82) is 0 Å². The van der Waals surface area contributed by atoms with Gasteiger partial charge in [-0.15, -0.1) is 0 Å². The van der Waals surface area contributed by atoms with Gasteiger partial charge in [-0.2, -0.15) is 0 Å². The Labute approximate surface area is 88.4 Å². The van der Waals surface area contributed by atoms with Crippen molar-refractivity contribution in [2.75, 3.05) is 19.7 Å². The average Bonchev–Trinajstić information content (AvgIpc) is 2.63. The lowest BCUT2D eigenvalue weighted by atomic mass is 9.91. The van der Waals surface area contributed by atoms with Crippen LogP contribution in [0.2, 0.25) is 0 Å². The number of halogens is 2. The van der Waals surface area contributed by atoms with Crippen molar-refractivity contribution >= 4 is 0 Å². The van der Waals surface area contributed by atoms with Gasteiger partial charge in [0.2, 0.25) is 0 Å². The highest BCUT2D eigenvalue weighted by atomic mass is 19.3. The molecular weight excluding hydrogens is 200 g/mol. The zero-order valence-electron chi connectivity index (χ0n) is 8.77. The zero-order chi connectivity index (χ0) is 10.5. The van der Waals surface area contributed by atoms with E-state index < -0.39 is 17.3 Å². The number of piperidine rings is 1. The molecule has 2 aliphatic heterocycles. The topological polar surface area (TPSA) is 21.3 Å². The number of hydrogen-bond donors (Lipinski definition) is 1. The minimum Gasteiger partial charge on any atom is -0.378 e. The fourth-order valence-electron chi connectivity index (χ4n) is 3.47. The Morgan fingerprint density at radius 3 is 2.73 bits per heavy atom. The second-order valence-corrected chi connectivity index (χ2v) is 5.09. The van der Waals surface area contributed by atoms with Gasteiger partial charge in [0.15, 0.2) is 0 Å². The molecule has 3 fully saturated rings. The van der Waals surface area contributed by atoms with Crippen LogP contribution in [0.4, 0.5) is 8.78 Å². The molecule has 3 atom stereocenters. The van der Waals surface area contributed by atoms with Gasteiger partial charge in [0.05, 0.1) is 17.4 Å². The highest BCUT2D eigenvalue weighted by molar-refractivity contribution is 5.22. The maximum Gasteiger partial charge on any atom is 0.261 e. The first-order valence-corrected chi connectivity index (χ1v) is 5.89. The summed E-state index contributed by atoms with van der Waals surface area (Å²) in [6.45, 7) is 2.03. The largest absolute Gasteiger partial charge is 0.378 e. The molecule has 2 saturated heterocycles. The van der Waals surface area contributed by atoms with Crippen LogP contribution in [0.5, 0.6) is 0 Å². The Kier molecular flexibility index (Phi) is 2.09. The van der Waals surface area contributed by atoms with Crippen molar-refractivity contribution in [3.63, 3.8) is 0 Å². The van der Waals surface area contributed by atoms with Crippen molar-refractivity contribution in [1.82, 2.24) is 5.32 Å². The van der Waals surface area contributed by atoms with Crippen LogP contribution < -0.4 is 5.32 Å². The van der Waals surface area contributed by atoms with Gasteiger partial charge in [-0.1, -0.05) is 0 Å². The third-order valence-electron chi connectivity index (χ3n) is 4.32. The van der Waals surface area contributed by atoms with Gasteiger partial charge in [0.25, 0.3) is 5.92 Å². The lowest BCUT2D eigenvalue weighted by Crippen LogP contribution is -2.35. The molecule has 0 amide bonds. The maximum absolute atomic E-state index is 13.9. The molecule has 15 heavy (non-hydrogen) atoms. The predicted molar refractivity (Wildman–Crippen MR) is 51.9 cm³/mol. The molecule has 1 aliphatic carbocycles. The first-order chi connectivity index (χ1) is 7.18. The van der Waals surface area contributed by atoms with Gasteiger partial charge >= 0.3 is 0 Å². The Morgan fingerprint density at radius 1 is 1.27 bits per heavy atom. The first kappa shape index (κ1) is 9.97. The minimum absolute atomic E-state index is 0.181. The molecule has 86 valence electrons. The van der Waals surface area contributed by atoms with Gasteiger partial charge in [0, 0.05) is 13.2 Å². The van der Waals surface area contributed by atoms with Crippen LogP contribution in [0.3, 0.4) is 0 Å². The lowest BCUT2D eigenvalue weighted by molar-refractivity contribution is 0.0234. The van der Waals surface area contributed by atoms with Crippen molar-refractivity contribution in [3.05, 3.63) is 0 Å². The summed E-state index contributed by atoms with van der Waals surface area (Å²) >= 11 is 0. The van der Waals surface area contributed by atoms with Crippen molar-refractivity contribution < 1.29 is 13.5 Å². The Hall–Kier alpha value is -0.220. The summed E-state index contributed by atoms with van der Waals surface area (Å²) in [7, 11) is 0. The summed E-state index contributed by atoms with van der Waals surface area (Å²) in [6.07, 6.45) is 3.12. The van der Waals surface area contributed by atoms with Crippen LogP contribution >= 0.6 is 0 Å². The third-order valence-corrected chi connectivity index (χ3v) is 4.32. The van der Waals surface area contributed by atoms with Crippen LogP contribution in [0.15, 0.2) is 0 Å². The van der Waals surface area contributed by atoms with E-state index >= 15 is 0 Å². The van der Waals surface area contributed by atoms with Crippen LogP contribution in [-0.4, -0.2) is 31.7 Å². The van der Waals surface area contributed by atoms with Crippen molar-refractivity contribution in [2.24, 2.45) is 11.3 Å². The molecule has 0 radical (unpaired) electrons. The van der Waals surface area contributed by atoms with E-state index in [-0.39, 0.29) is 6.10 Å². The minimum atomic E-state index is -2.49. The van der Waals surface area contributed by atoms with Crippen LogP contribution in [0.25, 0.3) is 0 Å². The molecule has 0 aromatic heterocycles. The van der Waals surface area contributed by atoms with E-state index in [4.69, 9.17) is 4.74 Å². The summed E-state index contributed by atoms with van der Waals surface area (Å²) in [5.41, 5.74) is -0.764. The zero-order valence-corrected chi connectivity index (χ0v) is 8.77. The Balaban J connectivity index is 1.78. The highest BCUT2D eigenvalue weighted by Gasteiger charge is 2.81. The summed E-state index contributed by atoms with van der Waals surface area (Å²) in [5.74, 6) is -3.00. The Bertz CT molecular complexity index is 257. The monoisotopic (exact) mass is 217 g/mol. The number of hydrogen-bond acceptors (Lipinski definition) is 2. The van der Waals surface area contributed by atoms with E-state index in [0.29, 0.717) is 19.6 Å². The van der Waals surface area contributed by atoms with E-state index in [2.05, 4.69) is 5.32 Å². The summed E-state index contributed by atoms with van der Waals surface area (Å²) in [5, 5.41) is 3.11. The number of alkyl halides is 2. The second-order valence-electron chi connectivity index (χ2n) is 5.09. The third kappa shape index (κ3) is 1.21. The number of rotatable bonds is 1. The van der Waals surface area contributed by atoms with E-state index in [0.717, 1.165) is 25.8 Å². The van der Waals surface area contributed by atoms with Gasteiger partial charge in [-0.3, -0.25) is 0 Å². The maximum atomic E-state index is 13.9. The van der Waals surface area contributed by atoms with Crippen molar-refractivity contribution in [3.8, 4) is 0 Å². The second kappa shape index (κ2) is 3.14. The molecule has 0 bridgehead atoms. The molecule has 4 heteroatoms. The molecule has 2 nitrogen and oxygen atoms in total. The predicted octanol–water partition coefficient (Wildman–Crippen LogP) is 1.80. The van der Waals surface area contributed by atoms with Gasteiger partial charge in [-0.25, -0.2) is 8.78 Å². The molecule has 0 aromatic carbocycles. The quantitative estimate of drug-likeness (QED) is 0.723. The summed E-state index contributed by atoms with van der Waals surface area (Å²) in [4.78, 5) is 0. The smallest absolute Gasteiger partial charge is 0.261 e. The fourth-order valence-corrected chi connectivity index (χ4v) is 3.47. The SMILES string of the molecule is FC1(F)C(C2CCCO2)C12CCCNC2. The van der Waals surface area contributed by atoms with E-state index in [1.165, 1.54) is 0 Å². The normalized spacial score (nSPS) is 48.4. The van der Waals surface area contributed by atoms with E-state index in [1.54, 1.807) is 0 Å². The molecule has 3 unspecified atom stereocenters. The standard InChI is InChI=1S/C11H17F2NO/c12-11(13)9(8-3-1-6-15-8)10(11)4-2-5-14-7-10/h8-9,14H,1-7H2. The summed E-state index contributed by atoms with van der Waals surface area (Å²) in [6, 6.07) is 0. The van der Waals surface area contributed by atoms with Gasteiger partial charge in [-0.05, 0) is 32.2 Å². The Morgan fingerprint density at radius 2 is 2.13 bits per heavy atom. The number of ether oxygens (including phenoxy) is 1. The molecule has 3 rings (SSSR count). The first-order valence-electron chi connectivity index (χ1n) is 5.89. The molecule has 1 N–H and O–H groups in total. The molecule has 1 saturated carbocycles. The molecule has 2 heterocycles. The average molecular weight is 217 g/mol. The summed E-state index contributed by atoms with van der Waals surface area (Å²) < 4.78 is 33.2. The number of nitrogens with one attached hydrogen (secondary N) is 1. The molecule has 0 aromatic rings. The van der Waals surface area contributed by atoms with E-state index in [1.807, 2.05) is 0 Å². The fraction of sp³-hybridized carbons (Fsp3) is 1.00. The van der Waals surface area contributed by atoms with Crippen LogP contribution in [0, 0.1) is 11.3 Å². The van der Waals surface area contributed by atoms with Crippen molar-refractivity contribution in [2.45, 2.75) is 37.7 Å². The van der Waals surface area contributed by atoms with Crippen LogP contribution in [-0.2, 0) is 4.74 Å². The lowest BCUT2D eigenvalue weighted by Gasteiger charge is -2.23. The molecule has 3 aliphatic rings. The van der Waals surface area contributed by atoms with E-state index in [9.17, 15) is 8.78 Å². The highest BCUT2D eigenvalue weighted by Crippen LogP contribution is 2.71.